The zero-order chi connectivity index (χ0) is 27.8. The molecule has 3 heterocycles. The lowest BCUT2D eigenvalue weighted by Crippen LogP contribution is -2.59. The van der Waals surface area contributed by atoms with Crippen molar-refractivity contribution in [3.63, 3.8) is 0 Å². The molecule has 2 aliphatic heterocycles. The molecule has 4 aromatic rings. The summed E-state index contributed by atoms with van der Waals surface area (Å²) in [7, 11) is 5.65. The van der Waals surface area contributed by atoms with Gasteiger partial charge in [0, 0.05) is 64.9 Å². The Balaban J connectivity index is 1.42. The van der Waals surface area contributed by atoms with Crippen LogP contribution in [0.4, 0.5) is 16.0 Å². The summed E-state index contributed by atoms with van der Waals surface area (Å²) in [6.07, 6.45) is 1.74. The number of nitrogens with one attached hydrogen (secondary N) is 1. The van der Waals surface area contributed by atoms with Crippen LogP contribution in [-0.4, -0.2) is 71.7 Å². The fourth-order valence-electron chi connectivity index (χ4n) is 4.99. The van der Waals surface area contributed by atoms with E-state index >= 15 is 4.39 Å². The number of benzene rings is 3. The Labute approximate surface area is 232 Å². The minimum absolute atomic E-state index is 0.0543. The van der Waals surface area contributed by atoms with Gasteiger partial charge in [-0.3, -0.25) is 9.79 Å². The number of hydrogen-bond acceptors (Lipinski definition) is 7. The van der Waals surface area contributed by atoms with Crippen molar-refractivity contribution < 1.29 is 13.9 Å². The molecule has 40 heavy (non-hydrogen) atoms. The quantitative estimate of drug-likeness (QED) is 0.382. The Morgan fingerprint density at radius 1 is 1.02 bits per heavy atom. The Bertz CT molecular complexity index is 1630. The van der Waals surface area contributed by atoms with E-state index in [2.05, 4.69) is 15.2 Å². The molecule has 0 aliphatic carbocycles. The normalized spacial score (nSPS) is 14.5. The molecule has 0 radical (unpaired) electrons. The van der Waals surface area contributed by atoms with Gasteiger partial charge >= 0.3 is 0 Å². The Morgan fingerprint density at radius 2 is 1.85 bits per heavy atom. The number of amides is 1. The van der Waals surface area contributed by atoms with Gasteiger partial charge in [0.15, 0.2) is 0 Å². The number of likely N-dealkylation sites (tertiary alicyclic amines) is 1. The fourth-order valence-corrected chi connectivity index (χ4v) is 4.99. The molecular formula is C31H29FN6O2. The van der Waals surface area contributed by atoms with Crippen LogP contribution in [0.25, 0.3) is 11.3 Å². The minimum atomic E-state index is -0.377. The van der Waals surface area contributed by atoms with Crippen LogP contribution in [0.1, 0.15) is 27.0 Å². The van der Waals surface area contributed by atoms with Gasteiger partial charge in [-0.1, -0.05) is 24.3 Å². The van der Waals surface area contributed by atoms with E-state index in [4.69, 9.17) is 14.7 Å². The molecule has 8 nitrogen and oxygen atoms in total. The van der Waals surface area contributed by atoms with E-state index in [0.29, 0.717) is 58.9 Å². The first kappa shape index (κ1) is 25.6. The molecule has 1 saturated heterocycles. The monoisotopic (exact) mass is 536 g/mol. The first-order valence-corrected chi connectivity index (χ1v) is 13.1. The van der Waals surface area contributed by atoms with Gasteiger partial charge in [0.25, 0.3) is 5.91 Å². The van der Waals surface area contributed by atoms with Gasteiger partial charge in [0.1, 0.15) is 11.6 Å². The number of hydrogen-bond donors (Lipinski definition) is 1. The van der Waals surface area contributed by atoms with Gasteiger partial charge in [-0.2, -0.15) is 0 Å². The van der Waals surface area contributed by atoms with Crippen LogP contribution in [-0.2, 0) is 6.54 Å². The van der Waals surface area contributed by atoms with E-state index in [1.165, 1.54) is 6.07 Å². The third-order valence-corrected chi connectivity index (χ3v) is 7.38. The molecule has 0 atom stereocenters. The molecule has 202 valence electrons. The summed E-state index contributed by atoms with van der Waals surface area (Å²) in [6.45, 7) is 1.62. The lowest BCUT2D eigenvalue weighted by molar-refractivity contribution is 0.0399. The van der Waals surface area contributed by atoms with E-state index in [1.54, 1.807) is 31.5 Å². The summed E-state index contributed by atoms with van der Waals surface area (Å²) in [5, 5.41) is 3.24. The van der Waals surface area contributed by atoms with E-state index < -0.39 is 0 Å². The van der Waals surface area contributed by atoms with Gasteiger partial charge in [-0.25, -0.2) is 14.4 Å². The SMILES string of the molecule is COc1cccc(Nc2ncc3c(n2)-c2ccc(C(=O)N4CC(N(C)C)C4)cc2C(c2ccccc2F)=NC3)c1. The summed E-state index contributed by atoms with van der Waals surface area (Å²) in [5.74, 6) is 0.686. The van der Waals surface area contributed by atoms with Gasteiger partial charge in [-0.15, -0.1) is 0 Å². The van der Waals surface area contributed by atoms with Crippen LogP contribution in [0.2, 0.25) is 0 Å². The number of rotatable bonds is 6. The number of carbonyl (C=O) groups is 1. The van der Waals surface area contributed by atoms with Crippen LogP contribution in [0.15, 0.2) is 77.9 Å². The highest BCUT2D eigenvalue weighted by Gasteiger charge is 2.33. The number of carbonyl (C=O) groups excluding carboxylic acids is 1. The summed E-state index contributed by atoms with van der Waals surface area (Å²) in [5.41, 5.74) is 5.08. The molecule has 9 heteroatoms. The molecule has 1 aromatic heterocycles. The number of aliphatic imine (C=N–C) groups is 1. The van der Waals surface area contributed by atoms with E-state index in [0.717, 1.165) is 16.8 Å². The van der Waals surface area contributed by atoms with Crippen LogP contribution in [0.3, 0.4) is 0 Å². The van der Waals surface area contributed by atoms with Crippen LogP contribution in [0, 0.1) is 5.82 Å². The second-order valence-electron chi connectivity index (χ2n) is 10.2. The molecular weight excluding hydrogens is 507 g/mol. The summed E-state index contributed by atoms with van der Waals surface area (Å²) >= 11 is 0. The van der Waals surface area contributed by atoms with E-state index in [1.807, 2.05) is 61.5 Å². The number of methoxy groups -OCH3 is 1. The first-order valence-electron chi connectivity index (χ1n) is 13.1. The lowest BCUT2D eigenvalue weighted by atomic mass is 9.92. The summed E-state index contributed by atoms with van der Waals surface area (Å²) in [6, 6.07) is 19.9. The standard InChI is InChI=1S/C31H29FN6O2/c1-37(2)22-17-38(18-22)30(39)19-11-12-24-26(13-19)29(25-9-4-5-10-27(25)32)33-15-20-16-34-31(36-28(20)24)35-21-7-6-8-23(14-21)40-3/h4-14,16,22H,15,17-18H2,1-3H3,(H,34,35,36). The van der Waals surface area contributed by atoms with Crippen LogP contribution < -0.4 is 10.1 Å². The highest BCUT2D eigenvalue weighted by atomic mass is 19.1. The van der Waals surface area contributed by atoms with Crippen molar-refractivity contribution in [1.82, 2.24) is 19.8 Å². The Morgan fingerprint density at radius 3 is 2.62 bits per heavy atom. The molecule has 1 fully saturated rings. The predicted octanol–water partition coefficient (Wildman–Crippen LogP) is 4.77. The third-order valence-electron chi connectivity index (χ3n) is 7.38. The number of halogens is 1. The number of ether oxygens (including phenoxy) is 1. The Hall–Kier alpha value is -4.63. The molecule has 6 rings (SSSR count). The topological polar surface area (TPSA) is 82.9 Å². The van der Waals surface area contributed by atoms with Crippen molar-refractivity contribution in [2.24, 2.45) is 4.99 Å². The van der Waals surface area contributed by atoms with Gasteiger partial charge in [0.2, 0.25) is 5.95 Å². The first-order chi connectivity index (χ1) is 19.4. The fraction of sp³-hybridized carbons (Fsp3) is 0.226. The maximum absolute atomic E-state index is 15.1. The zero-order valence-electron chi connectivity index (χ0n) is 22.6. The molecule has 2 aliphatic rings. The summed E-state index contributed by atoms with van der Waals surface area (Å²) < 4.78 is 20.4. The van der Waals surface area contributed by atoms with Gasteiger partial charge < -0.3 is 19.9 Å². The zero-order valence-corrected chi connectivity index (χ0v) is 22.6. The van der Waals surface area contributed by atoms with E-state index in [9.17, 15) is 4.79 Å². The van der Waals surface area contributed by atoms with Gasteiger partial charge in [0.05, 0.1) is 25.1 Å². The van der Waals surface area contributed by atoms with Crippen molar-refractivity contribution in [1.29, 1.82) is 0 Å². The number of likely N-dealkylation sites (N-methyl/N-ethyl adjacent to an activating group) is 1. The predicted molar refractivity (Wildman–Crippen MR) is 153 cm³/mol. The largest absolute Gasteiger partial charge is 0.497 e. The van der Waals surface area contributed by atoms with Gasteiger partial charge in [-0.05, 0) is 50.5 Å². The highest BCUT2D eigenvalue weighted by Crippen LogP contribution is 2.34. The minimum Gasteiger partial charge on any atom is -0.497 e. The van der Waals surface area contributed by atoms with Crippen molar-refractivity contribution in [2.75, 3.05) is 39.6 Å². The summed E-state index contributed by atoms with van der Waals surface area (Å²) in [4.78, 5) is 31.5. The van der Waals surface area contributed by atoms with Crippen molar-refractivity contribution in [3.05, 3.63) is 101 Å². The average Bonchev–Trinajstić information content (AvgIpc) is 3.09. The van der Waals surface area contributed by atoms with Crippen molar-refractivity contribution in [2.45, 2.75) is 12.6 Å². The second-order valence-corrected chi connectivity index (χ2v) is 10.2. The molecule has 0 spiro atoms. The molecule has 0 bridgehead atoms. The second kappa shape index (κ2) is 10.5. The number of anilines is 2. The van der Waals surface area contributed by atoms with Crippen molar-refractivity contribution in [3.8, 4) is 17.0 Å². The molecule has 0 unspecified atom stereocenters. The van der Waals surface area contributed by atoms with Crippen LogP contribution >= 0.6 is 0 Å². The molecule has 3 aromatic carbocycles. The van der Waals surface area contributed by atoms with E-state index in [-0.39, 0.29) is 18.3 Å². The maximum Gasteiger partial charge on any atom is 0.253 e. The highest BCUT2D eigenvalue weighted by molar-refractivity contribution is 6.17. The Kier molecular flexibility index (Phi) is 6.73. The lowest BCUT2D eigenvalue weighted by Gasteiger charge is -2.42. The molecule has 1 N–H and O–H groups in total. The molecule has 1 amide bonds. The number of fused-ring (bicyclic) bond motifs is 3. The number of nitrogens with zero attached hydrogens (tertiary/aromatic N) is 5. The van der Waals surface area contributed by atoms with Crippen LogP contribution in [0.5, 0.6) is 5.75 Å². The van der Waals surface area contributed by atoms with Crippen molar-refractivity contribution >= 4 is 23.3 Å². The molecule has 0 saturated carbocycles. The smallest absolute Gasteiger partial charge is 0.253 e. The average molecular weight is 537 g/mol. The maximum atomic E-state index is 15.1. The third kappa shape index (κ3) is 4.80. The number of aromatic nitrogens is 2.